The van der Waals surface area contributed by atoms with E-state index in [0.717, 1.165) is 9.87 Å². The highest BCUT2D eigenvalue weighted by molar-refractivity contribution is 7.94. The predicted molar refractivity (Wildman–Crippen MR) is 109 cm³/mol. The summed E-state index contributed by atoms with van der Waals surface area (Å²) in [5, 5.41) is 0.430. The molecule has 7 nitrogen and oxygen atoms in total. The molecule has 10 heteroatoms. The number of halogens is 1. The fraction of sp³-hybridized carbons (Fsp3) is 0.278. The first kappa shape index (κ1) is 20.6. The molecule has 0 spiro atoms. The second kappa shape index (κ2) is 7.06. The second-order valence-corrected chi connectivity index (χ2v) is 10.7. The molecule has 2 aromatic carbocycles. The third-order valence-electron chi connectivity index (χ3n) is 4.47. The van der Waals surface area contributed by atoms with Gasteiger partial charge in [0.25, 0.3) is 10.0 Å². The molecule has 0 saturated carbocycles. The van der Waals surface area contributed by atoms with Gasteiger partial charge in [-0.3, -0.25) is 9.52 Å². The summed E-state index contributed by atoms with van der Waals surface area (Å²) in [5.41, 5.74) is 1.57. The fourth-order valence-corrected chi connectivity index (χ4v) is 6.28. The van der Waals surface area contributed by atoms with Gasteiger partial charge in [-0.05, 0) is 55.3 Å². The molecule has 0 aliphatic carbocycles. The van der Waals surface area contributed by atoms with Crippen molar-refractivity contribution >= 4 is 48.9 Å². The molecular weight excluding hydrogens is 424 g/mol. The molecule has 0 bridgehead atoms. The Bertz CT molecular complexity index is 1180. The third-order valence-corrected chi connectivity index (χ3v) is 8.28. The van der Waals surface area contributed by atoms with E-state index in [0.29, 0.717) is 16.3 Å². The lowest BCUT2D eigenvalue weighted by Gasteiger charge is -2.17. The van der Waals surface area contributed by atoms with Crippen molar-refractivity contribution in [2.24, 2.45) is 5.92 Å². The van der Waals surface area contributed by atoms with Crippen LogP contribution in [0, 0.1) is 19.8 Å². The molecule has 1 fully saturated rings. The molecule has 1 atom stereocenters. The number of hydrogen-bond acceptors (Lipinski definition) is 5. The van der Waals surface area contributed by atoms with Gasteiger partial charge in [-0.1, -0.05) is 24.6 Å². The smallest absolute Gasteiger partial charge is 0.262 e. The van der Waals surface area contributed by atoms with Crippen molar-refractivity contribution in [2.75, 3.05) is 14.8 Å². The van der Waals surface area contributed by atoms with Crippen LogP contribution in [0.5, 0.6) is 0 Å². The van der Waals surface area contributed by atoms with Gasteiger partial charge in [-0.25, -0.2) is 21.1 Å². The summed E-state index contributed by atoms with van der Waals surface area (Å²) in [6, 6.07) is 8.78. The zero-order valence-electron chi connectivity index (χ0n) is 15.4. The van der Waals surface area contributed by atoms with Crippen molar-refractivity contribution in [1.82, 2.24) is 0 Å². The molecule has 1 heterocycles. The summed E-state index contributed by atoms with van der Waals surface area (Å²) in [7, 11) is -7.69. The first-order chi connectivity index (χ1) is 12.9. The highest BCUT2D eigenvalue weighted by Gasteiger charge is 2.42. The lowest BCUT2D eigenvalue weighted by atomic mass is 10.2. The molecule has 1 unspecified atom stereocenters. The maximum atomic E-state index is 12.7. The van der Waals surface area contributed by atoms with E-state index in [1.54, 1.807) is 26.0 Å². The summed E-state index contributed by atoms with van der Waals surface area (Å²) in [6.07, 6.45) is 0. The Morgan fingerprint density at radius 3 is 2.32 bits per heavy atom. The van der Waals surface area contributed by atoms with Crippen LogP contribution in [0.3, 0.4) is 0 Å². The number of nitrogens with zero attached hydrogens (tertiary/aromatic N) is 1. The maximum Gasteiger partial charge on any atom is 0.262 e. The van der Waals surface area contributed by atoms with E-state index < -0.39 is 31.9 Å². The highest BCUT2D eigenvalue weighted by atomic mass is 35.5. The van der Waals surface area contributed by atoms with Crippen LogP contribution in [-0.2, 0) is 24.8 Å². The number of benzene rings is 2. The molecule has 150 valence electrons. The summed E-state index contributed by atoms with van der Waals surface area (Å²) in [6.45, 7) is 4.89. The van der Waals surface area contributed by atoms with Gasteiger partial charge in [0.1, 0.15) is 0 Å². The summed E-state index contributed by atoms with van der Waals surface area (Å²) < 4.78 is 53.2. The van der Waals surface area contributed by atoms with E-state index in [1.165, 1.54) is 31.2 Å². The maximum absolute atomic E-state index is 12.7. The van der Waals surface area contributed by atoms with Crippen LogP contribution >= 0.6 is 11.6 Å². The number of aryl methyl sites for hydroxylation is 2. The van der Waals surface area contributed by atoms with Gasteiger partial charge in [0.15, 0.2) is 0 Å². The number of sulfonamides is 2. The topological polar surface area (TPSA) is 101 Å². The van der Waals surface area contributed by atoms with E-state index in [4.69, 9.17) is 11.6 Å². The van der Waals surface area contributed by atoms with Crippen LogP contribution in [0.1, 0.15) is 18.1 Å². The molecule has 0 radical (unpaired) electrons. The zero-order valence-corrected chi connectivity index (χ0v) is 17.8. The molecule has 1 saturated heterocycles. The lowest BCUT2D eigenvalue weighted by molar-refractivity contribution is -0.119. The van der Waals surface area contributed by atoms with Crippen molar-refractivity contribution in [1.29, 1.82) is 0 Å². The Balaban J connectivity index is 1.96. The van der Waals surface area contributed by atoms with E-state index in [9.17, 15) is 21.6 Å². The molecule has 1 aliphatic heterocycles. The normalized spacial score (nSPS) is 19.1. The van der Waals surface area contributed by atoms with E-state index in [-0.39, 0.29) is 16.3 Å². The minimum atomic E-state index is -3.93. The van der Waals surface area contributed by atoms with Crippen molar-refractivity contribution in [3.05, 3.63) is 52.5 Å². The Labute approximate surface area is 169 Å². The van der Waals surface area contributed by atoms with Crippen LogP contribution in [0.25, 0.3) is 0 Å². The number of hydrogen-bond donors (Lipinski definition) is 1. The molecule has 1 amide bonds. The van der Waals surface area contributed by atoms with Crippen molar-refractivity contribution < 1.29 is 21.6 Å². The summed E-state index contributed by atoms with van der Waals surface area (Å²) in [4.78, 5) is 12.2. The Morgan fingerprint density at radius 2 is 1.79 bits per heavy atom. The van der Waals surface area contributed by atoms with Crippen molar-refractivity contribution in [3.8, 4) is 0 Å². The summed E-state index contributed by atoms with van der Waals surface area (Å²) >= 11 is 6.04. The number of nitrogens with one attached hydrogen (secondary N) is 1. The first-order valence-corrected chi connectivity index (χ1v) is 11.9. The van der Waals surface area contributed by atoms with Gasteiger partial charge >= 0.3 is 0 Å². The van der Waals surface area contributed by atoms with Crippen LogP contribution in [-0.4, -0.2) is 28.5 Å². The van der Waals surface area contributed by atoms with E-state index in [2.05, 4.69) is 4.72 Å². The number of amides is 1. The van der Waals surface area contributed by atoms with Gasteiger partial charge in [-0.2, -0.15) is 0 Å². The summed E-state index contributed by atoms with van der Waals surface area (Å²) in [5.74, 6) is -1.43. The average molecular weight is 443 g/mol. The molecule has 0 aromatic heterocycles. The molecule has 2 aromatic rings. The van der Waals surface area contributed by atoms with Crippen LogP contribution in [0.4, 0.5) is 11.4 Å². The largest absolute Gasteiger partial charge is 0.280 e. The van der Waals surface area contributed by atoms with Crippen molar-refractivity contribution in [3.63, 3.8) is 0 Å². The molecule has 3 rings (SSSR count). The Morgan fingerprint density at radius 1 is 1.11 bits per heavy atom. The first-order valence-electron chi connectivity index (χ1n) is 8.39. The monoisotopic (exact) mass is 442 g/mol. The third kappa shape index (κ3) is 3.74. The van der Waals surface area contributed by atoms with Gasteiger partial charge < -0.3 is 0 Å². The molecular formula is C18H19ClN2O5S2. The second-order valence-electron chi connectivity index (χ2n) is 6.80. The number of carbonyl (C=O) groups is 1. The highest BCUT2D eigenvalue weighted by Crippen LogP contribution is 2.31. The standard InChI is InChI=1S/C18H19ClN2O5S2/c1-11-4-5-14(9-16(11)19)20-28(25,26)17-7-6-15(8-12(17)2)21-18(22)13(3)10-27(21,23)24/h4-9,13,20H,10H2,1-3H3. The van der Waals surface area contributed by atoms with Gasteiger partial charge in [0, 0.05) is 5.02 Å². The van der Waals surface area contributed by atoms with E-state index in [1.807, 2.05) is 0 Å². The minimum absolute atomic E-state index is 0.0231. The van der Waals surface area contributed by atoms with Gasteiger partial charge in [0.05, 0.1) is 27.9 Å². The SMILES string of the molecule is Cc1ccc(NS(=O)(=O)c2ccc(N3C(=O)C(C)CS3(=O)=O)cc2C)cc1Cl. The quantitative estimate of drug-likeness (QED) is 0.784. The van der Waals surface area contributed by atoms with Crippen molar-refractivity contribution in [2.45, 2.75) is 25.7 Å². The molecule has 1 aliphatic rings. The van der Waals surface area contributed by atoms with Crippen LogP contribution in [0.2, 0.25) is 5.02 Å². The average Bonchev–Trinajstić information content (AvgIpc) is 2.77. The van der Waals surface area contributed by atoms with Gasteiger partial charge in [-0.15, -0.1) is 0 Å². The molecule has 28 heavy (non-hydrogen) atoms. The number of anilines is 2. The van der Waals surface area contributed by atoms with E-state index >= 15 is 0 Å². The number of carbonyl (C=O) groups excluding carboxylic acids is 1. The minimum Gasteiger partial charge on any atom is -0.280 e. The zero-order chi connectivity index (χ0) is 20.9. The predicted octanol–water partition coefficient (Wildman–Crippen LogP) is 3.07. The molecule has 1 N–H and O–H groups in total. The fourth-order valence-electron chi connectivity index (χ4n) is 3.01. The lowest BCUT2D eigenvalue weighted by Crippen LogP contribution is -2.30. The van der Waals surface area contributed by atoms with Crippen LogP contribution < -0.4 is 9.03 Å². The Kier molecular flexibility index (Phi) is 5.20. The van der Waals surface area contributed by atoms with Gasteiger partial charge in [0.2, 0.25) is 15.9 Å². The number of rotatable bonds is 4. The Hall–Kier alpha value is -2.10. The van der Waals surface area contributed by atoms with Crippen LogP contribution in [0.15, 0.2) is 41.3 Å².